The molecule has 122 valence electrons. The lowest BCUT2D eigenvalue weighted by Crippen LogP contribution is -2.24. The van der Waals surface area contributed by atoms with Crippen LogP contribution in [0.4, 0.5) is 0 Å². The third-order valence-corrected chi connectivity index (χ3v) is 3.04. The second-order valence-electron chi connectivity index (χ2n) is 4.61. The molecule has 0 saturated heterocycles. The van der Waals surface area contributed by atoms with Crippen molar-refractivity contribution >= 4 is 5.91 Å². The van der Waals surface area contributed by atoms with Crippen LogP contribution in [-0.2, 0) is 9.53 Å². The summed E-state index contributed by atoms with van der Waals surface area (Å²) in [4.78, 5) is 11.1. The first-order chi connectivity index (χ1) is 10.5. The van der Waals surface area contributed by atoms with E-state index in [0.29, 0.717) is 16.9 Å². The predicted molar refractivity (Wildman–Crippen MR) is 78.5 cm³/mol. The number of amides is 1. The number of ether oxygens (including phenoxy) is 2. The lowest BCUT2D eigenvalue weighted by Gasteiger charge is -2.23. The topological polar surface area (TPSA) is 108 Å². The van der Waals surface area contributed by atoms with Crippen molar-refractivity contribution in [3.05, 3.63) is 41.5 Å². The zero-order chi connectivity index (χ0) is 16.5. The summed E-state index contributed by atoms with van der Waals surface area (Å²) in [6.45, 7) is 1.74. The van der Waals surface area contributed by atoms with Gasteiger partial charge < -0.3 is 19.7 Å². The van der Waals surface area contributed by atoms with E-state index in [1.165, 1.54) is 12.6 Å². The molecule has 7 heteroatoms. The van der Waals surface area contributed by atoms with Crippen LogP contribution in [-0.4, -0.2) is 47.8 Å². The molecule has 0 bridgehead atoms. The number of benzene rings is 1. The lowest BCUT2D eigenvalue weighted by atomic mass is 9.98. The zero-order valence-electron chi connectivity index (χ0n) is 12.5. The maximum Gasteiger partial charge on any atom is 0.267 e. The van der Waals surface area contributed by atoms with Crippen LogP contribution in [0.15, 0.2) is 35.9 Å². The molecule has 0 aliphatic rings. The van der Waals surface area contributed by atoms with Gasteiger partial charge in [-0.3, -0.25) is 10.0 Å². The van der Waals surface area contributed by atoms with Gasteiger partial charge >= 0.3 is 0 Å². The average Bonchev–Trinajstić information content (AvgIpc) is 2.53. The van der Waals surface area contributed by atoms with Crippen molar-refractivity contribution in [1.29, 1.82) is 0 Å². The van der Waals surface area contributed by atoms with Crippen LogP contribution in [0.1, 0.15) is 18.6 Å². The van der Waals surface area contributed by atoms with Crippen LogP contribution in [0.25, 0.3) is 0 Å². The molecule has 1 rings (SSSR count). The molecule has 0 fully saturated rings. The van der Waals surface area contributed by atoms with E-state index in [1.807, 2.05) is 0 Å². The number of nitrogens with one attached hydrogen (secondary N) is 1. The van der Waals surface area contributed by atoms with E-state index in [2.05, 4.69) is 0 Å². The van der Waals surface area contributed by atoms with Crippen molar-refractivity contribution in [1.82, 2.24) is 5.48 Å². The van der Waals surface area contributed by atoms with Crippen LogP contribution in [0.2, 0.25) is 0 Å². The molecular formula is C15H21NO6. The Morgan fingerprint density at radius 2 is 2.00 bits per heavy atom. The van der Waals surface area contributed by atoms with Gasteiger partial charge in [0.1, 0.15) is 24.6 Å². The highest BCUT2D eigenvalue weighted by Crippen LogP contribution is 2.25. The first-order valence-electron chi connectivity index (χ1n) is 6.70. The third kappa shape index (κ3) is 5.12. The molecule has 0 spiro atoms. The molecule has 0 aliphatic heterocycles. The molecule has 1 aromatic rings. The smallest absolute Gasteiger partial charge is 0.267 e. The Balaban J connectivity index is 2.85. The van der Waals surface area contributed by atoms with Crippen LogP contribution in [0, 0.1) is 0 Å². The summed E-state index contributed by atoms with van der Waals surface area (Å²) in [5.41, 5.74) is 2.54. The van der Waals surface area contributed by atoms with Crippen molar-refractivity contribution < 1.29 is 29.7 Å². The highest BCUT2D eigenvalue weighted by Gasteiger charge is 2.23. The van der Waals surface area contributed by atoms with Crippen LogP contribution < -0.4 is 10.2 Å². The summed E-state index contributed by atoms with van der Waals surface area (Å²) in [5.74, 6) is -0.120. The summed E-state index contributed by atoms with van der Waals surface area (Å²) in [6.07, 6.45) is -0.572. The van der Waals surface area contributed by atoms with Crippen LogP contribution >= 0.6 is 0 Å². The summed E-state index contributed by atoms with van der Waals surface area (Å²) >= 11 is 0. The van der Waals surface area contributed by atoms with Gasteiger partial charge in [-0.25, -0.2) is 5.48 Å². The highest BCUT2D eigenvalue weighted by molar-refractivity contribution is 5.87. The first-order valence-corrected chi connectivity index (χ1v) is 6.70. The molecule has 22 heavy (non-hydrogen) atoms. The van der Waals surface area contributed by atoms with Gasteiger partial charge in [-0.05, 0) is 30.2 Å². The second kappa shape index (κ2) is 9.16. The van der Waals surface area contributed by atoms with E-state index >= 15 is 0 Å². The van der Waals surface area contributed by atoms with Gasteiger partial charge in [-0.2, -0.15) is 0 Å². The van der Waals surface area contributed by atoms with Gasteiger partial charge in [0.15, 0.2) is 0 Å². The van der Waals surface area contributed by atoms with Crippen molar-refractivity contribution in [2.45, 2.75) is 19.1 Å². The summed E-state index contributed by atoms with van der Waals surface area (Å²) < 4.78 is 10.5. The molecule has 0 radical (unpaired) electrons. The largest absolute Gasteiger partial charge is 0.491 e. The van der Waals surface area contributed by atoms with Gasteiger partial charge in [0.25, 0.3) is 5.91 Å². The Kier molecular flexibility index (Phi) is 7.55. The van der Waals surface area contributed by atoms with E-state index in [0.717, 1.165) is 6.08 Å². The second-order valence-corrected chi connectivity index (χ2v) is 4.61. The van der Waals surface area contributed by atoms with Gasteiger partial charge in [-0.15, -0.1) is 0 Å². The van der Waals surface area contributed by atoms with Crippen molar-refractivity contribution in [3.63, 3.8) is 0 Å². The van der Waals surface area contributed by atoms with Gasteiger partial charge in [0.05, 0.1) is 6.61 Å². The molecule has 2 atom stereocenters. The Labute approximate surface area is 128 Å². The Morgan fingerprint density at radius 3 is 2.50 bits per heavy atom. The molecule has 0 aliphatic carbocycles. The quantitative estimate of drug-likeness (QED) is 0.317. The van der Waals surface area contributed by atoms with Crippen molar-refractivity contribution in [3.8, 4) is 5.75 Å². The minimum absolute atomic E-state index is 0.0764. The lowest BCUT2D eigenvalue weighted by molar-refractivity contribution is -0.124. The number of aliphatic hydroxyl groups excluding tert-OH is 2. The predicted octanol–water partition coefficient (Wildman–Crippen LogP) is 0.558. The van der Waals surface area contributed by atoms with E-state index < -0.39 is 18.1 Å². The normalized spacial score (nSPS) is 14.3. The standard InChI is InChI=1S/C15H21NO6/c1-10(9-13(18)16-20)15(21-2)14(19)11-3-5-12(6-4-11)22-8-7-17/h3-6,9,14-15,17,19-20H,7-8H2,1-2H3,(H,16,18)/b10-9+/t14-,15-/m0/s1. The third-order valence-electron chi connectivity index (χ3n) is 3.04. The van der Waals surface area contributed by atoms with Crippen molar-refractivity contribution in [2.24, 2.45) is 0 Å². The number of hydrogen-bond acceptors (Lipinski definition) is 6. The molecule has 1 aromatic carbocycles. The fourth-order valence-electron chi connectivity index (χ4n) is 1.98. The summed E-state index contributed by atoms with van der Waals surface area (Å²) in [5, 5.41) is 27.6. The Morgan fingerprint density at radius 1 is 1.36 bits per heavy atom. The fraction of sp³-hybridized carbons (Fsp3) is 0.400. The highest BCUT2D eigenvalue weighted by atomic mass is 16.5. The minimum Gasteiger partial charge on any atom is -0.491 e. The number of hydrogen-bond donors (Lipinski definition) is 4. The van der Waals surface area contributed by atoms with Crippen LogP contribution in [0.5, 0.6) is 5.75 Å². The average molecular weight is 311 g/mol. The Bertz CT molecular complexity index is 499. The number of hydroxylamine groups is 1. The van der Waals surface area contributed by atoms with Crippen LogP contribution in [0.3, 0.4) is 0 Å². The fourth-order valence-corrected chi connectivity index (χ4v) is 1.98. The minimum atomic E-state index is -0.986. The van der Waals surface area contributed by atoms with Gasteiger partial charge in [0.2, 0.25) is 0 Å². The van der Waals surface area contributed by atoms with E-state index in [-0.39, 0.29) is 13.2 Å². The van der Waals surface area contributed by atoms with Gasteiger partial charge in [0, 0.05) is 13.2 Å². The first kappa shape index (κ1) is 18.1. The SMILES string of the molecule is CO[C@@H](/C(C)=C/C(=O)NO)[C@@H](O)c1ccc(OCCO)cc1. The van der Waals surface area contributed by atoms with Crippen molar-refractivity contribution in [2.75, 3.05) is 20.3 Å². The summed E-state index contributed by atoms with van der Waals surface area (Å²) in [6, 6.07) is 6.67. The number of rotatable bonds is 8. The van der Waals surface area contributed by atoms with E-state index in [9.17, 15) is 9.90 Å². The number of aliphatic hydroxyl groups is 2. The molecule has 0 aromatic heterocycles. The summed E-state index contributed by atoms with van der Waals surface area (Å²) in [7, 11) is 1.42. The maximum atomic E-state index is 11.1. The monoisotopic (exact) mass is 311 g/mol. The molecule has 7 nitrogen and oxygen atoms in total. The number of methoxy groups -OCH3 is 1. The molecular weight excluding hydrogens is 290 g/mol. The van der Waals surface area contributed by atoms with E-state index in [1.54, 1.807) is 31.2 Å². The van der Waals surface area contributed by atoms with E-state index in [4.69, 9.17) is 19.8 Å². The molecule has 4 N–H and O–H groups in total. The molecule has 0 heterocycles. The number of carbonyl (C=O) groups excluding carboxylic acids is 1. The number of carbonyl (C=O) groups is 1. The zero-order valence-corrected chi connectivity index (χ0v) is 12.5. The molecule has 0 saturated carbocycles. The maximum absolute atomic E-state index is 11.1. The Hall–Kier alpha value is -1.93. The molecule has 0 unspecified atom stereocenters. The van der Waals surface area contributed by atoms with Gasteiger partial charge in [-0.1, -0.05) is 12.1 Å². The molecule has 1 amide bonds.